The van der Waals surface area contributed by atoms with Crippen LogP contribution >= 0.6 is 0 Å². The molecule has 114 valence electrons. The number of hydrogen-bond donors (Lipinski definition) is 1. The Labute approximate surface area is 127 Å². The van der Waals surface area contributed by atoms with Crippen LogP contribution in [-0.4, -0.2) is 24.2 Å². The molecule has 0 radical (unpaired) electrons. The molecule has 1 aromatic rings. The molecule has 1 aliphatic heterocycles. The minimum atomic E-state index is -0.156. The van der Waals surface area contributed by atoms with Crippen LogP contribution in [0.25, 0.3) is 0 Å². The van der Waals surface area contributed by atoms with Crippen LogP contribution in [0.3, 0.4) is 0 Å². The van der Waals surface area contributed by atoms with Crippen molar-refractivity contribution in [2.24, 2.45) is 5.10 Å². The van der Waals surface area contributed by atoms with Crippen molar-refractivity contribution in [3.8, 4) is 0 Å². The van der Waals surface area contributed by atoms with E-state index in [-0.39, 0.29) is 11.4 Å². The highest BCUT2D eigenvalue weighted by atomic mass is 16.2. The van der Waals surface area contributed by atoms with Gasteiger partial charge >= 0.3 is 0 Å². The van der Waals surface area contributed by atoms with Gasteiger partial charge in [0.05, 0.1) is 6.21 Å². The van der Waals surface area contributed by atoms with Crippen LogP contribution in [0.2, 0.25) is 0 Å². The predicted octanol–water partition coefficient (Wildman–Crippen LogP) is 3.27. The summed E-state index contributed by atoms with van der Waals surface area (Å²) < 4.78 is 0. The quantitative estimate of drug-likeness (QED) is 0.685. The molecule has 1 unspecified atom stereocenters. The van der Waals surface area contributed by atoms with Gasteiger partial charge in [-0.05, 0) is 56.4 Å². The molecule has 4 heteroatoms. The maximum Gasteiger partial charge on any atom is 0.236 e. The van der Waals surface area contributed by atoms with Crippen molar-refractivity contribution in [1.82, 2.24) is 5.43 Å². The summed E-state index contributed by atoms with van der Waals surface area (Å²) in [7, 11) is 0. The highest BCUT2D eigenvalue weighted by Crippen LogP contribution is 2.43. The van der Waals surface area contributed by atoms with Gasteiger partial charge in [-0.1, -0.05) is 13.0 Å². The summed E-state index contributed by atoms with van der Waals surface area (Å²) in [4.78, 5) is 13.3. The van der Waals surface area contributed by atoms with Gasteiger partial charge in [-0.2, -0.15) is 5.10 Å². The Balaban J connectivity index is 2.33. The summed E-state index contributed by atoms with van der Waals surface area (Å²) >= 11 is 0. The molecular formula is C17H25N3O. The van der Waals surface area contributed by atoms with E-state index in [1.54, 1.807) is 6.21 Å². The molecule has 0 bridgehead atoms. The molecule has 0 fully saturated rings. The second kappa shape index (κ2) is 5.88. The van der Waals surface area contributed by atoms with Gasteiger partial charge < -0.3 is 4.90 Å². The highest BCUT2D eigenvalue weighted by molar-refractivity contribution is 5.83. The van der Waals surface area contributed by atoms with Crippen LogP contribution in [0, 0.1) is 0 Å². The van der Waals surface area contributed by atoms with Crippen LogP contribution in [0.5, 0.6) is 0 Å². The Hall–Kier alpha value is -1.84. The molecule has 0 spiro atoms. The van der Waals surface area contributed by atoms with E-state index >= 15 is 0 Å². The fourth-order valence-electron chi connectivity index (χ4n) is 3.39. The van der Waals surface area contributed by atoms with Gasteiger partial charge in [0.15, 0.2) is 0 Å². The maximum absolute atomic E-state index is 10.8. The second-order valence-corrected chi connectivity index (χ2v) is 6.41. The maximum atomic E-state index is 10.8. The van der Waals surface area contributed by atoms with Gasteiger partial charge in [-0.3, -0.25) is 4.79 Å². The summed E-state index contributed by atoms with van der Waals surface area (Å²) in [5.74, 6) is 0.364. The molecule has 0 saturated carbocycles. The number of nitrogens with one attached hydrogen (secondary N) is 1. The van der Waals surface area contributed by atoms with E-state index in [1.807, 2.05) is 0 Å². The average molecular weight is 287 g/mol. The number of amides is 1. The van der Waals surface area contributed by atoms with Crippen LogP contribution in [0.4, 0.5) is 5.69 Å². The third-order valence-corrected chi connectivity index (χ3v) is 4.16. The van der Waals surface area contributed by atoms with Crippen LogP contribution in [0.1, 0.15) is 58.1 Å². The number of nitrogens with zero attached hydrogens (tertiary/aromatic N) is 2. The molecule has 0 saturated heterocycles. The Morgan fingerprint density at radius 2 is 2.24 bits per heavy atom. The van der Waals surface area contributed by atoms with E-state index in [9.17, 15) is 4.79 Å². The van der Waals surface area contributed by atoms with Gasteiger partial charge in [0.1, 0.15) is 0 Å². The third-order valence-electron chi connectivity index (χ3n) is 4.16. The standard InChI is InChI=1S/C17H25N3O/c1-6-20-16-8-7-14(11-18-19-13(3)21)9-15(16)12(2)10-17(20,4)5/h7-9,11-12H,6,10H2,1-5H3,(H,19,21)/b18-11+. The Morgan fingerprint density at radius 1 is 1.52 bits per heavy atom. The fourth-order valence-corrected chi connectivity index (χ4v) is 3.39. The third kappa shape index (κ3) is 3.26. The van der Waals surface area contributed by atoms with Crippen molar-refractivity contribution in [3.05, 3.63) is 29.3 Å². The lowest BCUT2D eigenvalue weighted by molar-refractivity contribution is -0.118. The summed E-state index contributed by atoms with van der Waals surface area (Å²) in [6.07, 6.45) is 2.84. The smallest absolute Gasteiger partial charge is 0.236 e. The first kappa shape index (κ1) is 15.5. The van der Waals surface area contributed by atoms with E-state index < -0.39 is 0 Å². The van der Waals surface area contributed by atoms with E-state index in [2.05, 4.69) is 61.3 Å². The highest BCUT2D eigenvalue weighted by Gasteiger charge is 2.35. The molecular weight excluding hydrogens is 262 g/mol. The average Bonchev–Trinajstić information content (AvgIpc) is 2.38. The van der Waals surface area contributed by atoms with E-state index in [0.29, 0.717) is 5.92 Å². The van der Waals surface area contributed by atoms with E-state index in [4.69, 9.17) is 0 Å². The van der Waals surface area contributed by atoms with Crippen LogP contribution in [0.15, 0.2) is 23.3 Å². The number of anilines is 1. The molecule has 0 aliphatic carbocycles. The Bertz CT molecular complexity index is 563. The Kier molecular flexibility index (Phi) is 4.35. The SMILES string of the molecule is CCN1c2ccc(/C=N/NC(C)=O)cc2C(C)CC1(C)C. The first-order valence-electron chi connectivity index (χ1n) is 7.56. The molecule has 0 aromatic heterocycles. The van der Waals surface area contributed by atoms with Crippen molar-refractivity contribution < 1.29 is 4.79 Å². The van der Waals surface area contributed by atoms with Crippen LogP contribution < -0.4 is 10.3 Å². The lowest BCUT2D eigenvalue weighted by atomic mass is 9.79. The van der Waals surface area contributed by atoms with Gasteiger partial charge in [0.2, 0.25) is 5.91 Å². The monoisotopic (exact) mass is 287 g/mol. The molecule has 1 amide bonds. The summed E-state index contributed by atoms with van der Waals surface area (Å²) in [6, 6.07) is 6.41. The molecule has 4 nitrogen and oxygen atoms in total. The lowest BCUT2D eigenvalue weighted by Crippen LogP contribution is -2.48. The molecule has 2 rings (SSSR count). The van der Waals surface area contributed by atoms with Crippen molar-refractivity contribution in [1.29, 1.82) is 0 Å². The Morgan fingerprint density at radius 3 is 2.86 bits per heavy atom. The zero-order valence-corrected chi connectivity index (χ0v) is 13.6. The van der Waals surface area contributed by atoms with Gasteiger partial charge in [0.25, 0.3) is 0 Å². The lowest BCUT2D eigenvalue weighted by Gasteiger charge is -2.47. The normalized spacial score (nSPS) is 20.4. The summed E-state index contributed by atoms with van der Waals surface area (Å²) in [6.45, 7) is 11.6. The van der Waals surface area contributed by atoms with Gasteiger partial charge in [-0.25, -0.2) is 5.43 Å². The summed E-state index contributed by atoms with van der Waals surface area (Å²) in [5, 5.41) is 3.94. The zero-order valence-electron chi connectivity index (χ0n) is 13.6. The number of fused-ring (bicyclic) bond motifs is 1. The fraction of sp³-hybridized carbons (Fsp3) is 0.529. The van der Waals surface area contributed by atoms with E-state index in [1.165, 1.54) is 18.2 Å². The van der Waals surface area contributed by atoms with Crippen molar-refractivity contribution in [3.63, 3.8) is 0 Å². The van der Waals surface area contributed by atoms with E-state index in [0.717, 1.165) is 18.5 Å². The van der Waals surface area contributed by atoms with Crippen molar-refractivity contribution in [2.75, 3.05) is 11.4 Å². The second-order valence-electron chi connectivity index (χ2n) is 6.41. The first-order chi connectivity index (χ1) is 9.85. The molecule has 21 heavy (non-hydrogen) atoms. The summed E-state index contributed by atoms with van der Waals surface area (Å²) in [5.41, 5.74) is 6.33. The number of hydrazone groups is 1. The predicted molar refractivity (Wildman–Crippen MR) is 88.0 cm³/mol. The number of hydrogen-bond acceptors (Lipinski definition) is 3. The molecule has 1 aromatic carbocycles. The van der Waals surface area contributed by atoms with Crippen LogP contribution in [-0.2, 0) is 4.79 Å². The number of carbonyl (C=O) groups is 1. The zero-order chi connectivity index (χ0) is 15.6. The number of rotatable bonds is 3. The van der Waals surface area contributed by atoms with Crippen molar-refractivity contribution in [2.45, 2.75) is 52.5 Å². The number of carbonyl (C=O) groups excluding carboxylic acids is 1. The molecule has 1 aliphatic rings. The van der Waals surface area contributed by atoms with Gasteiger partial charge in [-0.15, -0.1) is 0 Å². The minimum Gasteiger partial charge on any atom is -0.366 e. The molecule has 1 atom stereocenters. The molecule has 1 heterocycles. The van der Waals surface area contributed by atoms with Gasteiger partial charge in [0, 0.05) is 24.7 Å². The number of benzene rings is 1. The van der Waals surface area contributed by atoms with Crippen molar-refractivity contribution >= 4 is 17.8 Å². The largest absolute Gasteiger partial charge is 0.366 e. The molecule has 1 N–H and O–H groups in total. The minimum absolute atomic E-state index is 0.156. The first-order valence-corrected chi connectivity index (χ1v) is 7.56. The topological polar surface area (TPSA) is 44.7 Å².